The third kappa shape index (κ3) is 8.20. The molecule has 9 nitrogen and oxygen atoms in total. The van der Waals surface area contributed by atoms with Gasteiger partial charge in [-0.3, -0.25) is 19.7 Å². The summed E-state index contributed by atoms with van der Waals surface area (Å²) < 4.78 is 46.4. The number of carbonyl (C=O) groups is 3. The van der Waals surface area contributed by atoms with Crippen LogP contribution in [0.15, 0.2) is 60.7 Å². The Hall–Kier alpha value is -4.89. The van der Waals surface area contributed by atoms with E-state index in [1.54, 1.807) is 17.0 Å². The second-order valence-corrected chi connectivity index (χ2v) is 14.7. The number of hydrogen-bond acceptors (Lipinski definition) is 7. The molecule has 0 aliphatic carbocycles. The summed E-state index contributed by atoms with van der Waals surface area (Å²) in [6.07, 6.45) is 1.82. The molecule has 4 aliphatic rings. The lowest BCUT2D eigenvalue weighted by atomic mass is 9.88. The largest absolute Gasteiger partial charge is 0.494 e. The van der Waals surface area contributed by atoms with Gasteiger partial charge in [0.15, 0.2) is 0 Å². The fraction of sp³-hybridized carbons (Fsp3) is 0.463. The van der Waals surface area contributed by atoms with Crippen molar-refractivity contribution >= 4 is 23.4 Å². The fourth-order valence-corrected chi connectivity index (χ4v) is 8.33. The number of likely N-dealkylation sites (tertiary alicyclic amines) is 1. The van der Waals surface area contributed by atoms with Gasteiger partial charge in [0.25, 0.3) is 5.91 Å². The first-order valence-electron chi connectivity index (χ1n) is 18.7. The van der Waals surface area contributed by atoms with E-state index in [4.69, 9.17) is 10.00 Å². The van der Waals surface area contributed by atoms with Crippen molar-refractivity contribution in [1.29, 1.82) is 5.26 Å². The van der Waals surface area contributed by atoms with Crippen molar-refractivity contribution in [2.75, 3.05) is 44.2 Å². The summed E-state index contributed by atoms with van der Waals surface area (Å²) in [7, 11) is 0. The molecule has 3 aromatic rings. The molecule has 4 heterocycles. The molecule has 4 aliphatic heterocycles. The molecular weight excluding hydrogens is 683 g/mol. The van der Waals surface area contributed by atoms with Crippen LogP contribution in [0.1, 0.15) is 101 Å². The minimum absolute atomic E-state index is 0.135. The second-order valence-electron chi connectivity index (χ2n) is 14.7. The van der Waals surface area contributed by atoms with Crippen molar-refractivity contribution in [1.82, 2.24) is 15.1 Å². The first-order valence-corrected chi connectivity index (χ1v) is 18.7. The molecule has 3 fully saturated rings. The maximum Gasteiger partial charge on any atom is 0.417 e. The minimum Gasteiger partial charge on any atom is -0.494 e. The zero-order valence-electron chi connectivity index (χ0n) is 29.7. The number of carbonyl (C=O) groups excluding carboxylic acids is 3. The van der Waals surface area contributed by atoms with E-state index in [2.05, 4.69) is 34.5 Å². The number of ether oxygens (including phenoxy) is 1. The Morgan fingerprint density at radius 2 is 1.53 bits per heavy atom. The van der Waals surface area contributed by atoms with Crippen LogP contribution in [0.3, 0.4) is 0 Å². The number of benzene rings is 3. The van der Waals surface area contributed by atoms with Gasteiger partial charge in [0, 0.05) is 37.3 Å². The molecule has 0 aromatic heterocycles. The molecule has 3 saturated heterocycles. The summed E-state index contributed by atoms with van der Waals surface area (Å²) in [5.74, 6) is 0.789. The van der Waals surface area contributed by atoms with Gasteiger partial charge in [-0.1, -0.05) is 24.3 Å². The first-order chi connectivity index (χ1) is 25.6. The Kier molecular flexibility index (Phi) is 10.7. The number of unbranched alkanes of at least 4 members (excludes halogenated alkanes) is 1. The normalized spacial score (nSPS) is 20.3. The third-order valence-corrected chi connectivity index (χ3v) is 11.4. The van der Waals surface area contributed by atoms with Gasteiger partial charge in [0.05, 0.1) is 23.8 Å². The first kappa shape index (κ1) is 36.5. The van der Waals surface area contributed by atoms with Gasteiger partial charge in [-0.05, 0) is 130 Å². The van der Waals surface area contributed by atoms with E-state index in [-0.39, 0.29) is 29.7 Å². The van der Waals surface area contributed by atoms with Crippen LogP contribution < -0.4 is 15.0 Å². The van der Waals surface area contributed by atoms with Crippen LogP contribution in [0.2, 0.25) is 0 Å². The lowest BCUT2D eigenvalue weighted by Crippen LogP contribution is -2.52. The molecule has 3 aromatic carbocycles. The third-order valence-electron chi connectivity index (χ3n) is 11.4. The topological polar surface area (TPSA) is 106 Å². The van der Waals surface area contributed by atoms with Crippen LogP contribution in [0, 0.1) is 11.3 Å². The molecule has 53 heavy (non-hydrogen) atoms. The number of amides is 3. The monoisotopic (exact) mass is 727 g/mol. The van der Waals surface area contributed by atoms with Crippen molar-refractivity contribution in [3.63, 3.8) is 0 Å². The zero-order chi connectivity index (χ0) is 37.1. The maximum absolute atomic E-state index is 13.4. The number of alkyl halides is 3. The highest BCUT2D eigenvalue weighted by Gasteiger charge is 2.39. The van der Waals surface area contributed by atoms with Crippen molar-refractivity contribution in [3.05, 3.63) is 94.0 Å². The Morgan fingerprint density at radius 3 is 2.23 bits per heavy atom. The standard InChI is InChI=1S/C41H44F3N5O4/c42-41(43,44)36-24-33(7-3-31(36)25-45)48-20-15-28(16-21-48)27-4-8-34(9-5-27)53-22-2-1-17-47-18-13-29(14-19-47)30-6-10-35-32(23-30)26-49(40(35)52)37-11-12-38(50)46-39(37)51/h3-10,23-24,28-29,37H,1-2,11-22,26H2,(H,46,50,51). The van der Waals surface area contributed by atoms with E-state index >= 15 is 0 Å². The molecule has 1 atom stereocenters. The Balaban J connectivity index is 0.800. The number of hydrogen-bond donors (Lipinski definition) is 1. The molecule has 3 amide bonds. The summed E-state index contributed by atoms with van der Waals surface area (Å²) in [4.78, 5) is 43.1. The summed E-state index contributed by atoms with van der Waals surface area (Å²) in [5.41, 5.74) is 3.34. The predicted molar refractivity (Wildman–Crippen MR) is 192 cm³/mol. The summed E-state index contributed by atoms with van der Waals surface area (Å²) >= 11 is 0. The fourth-order valence-electron chi connectivity index (χ4n) is 8.33. The molecule has 0 saturated carbocycles. The number of imide groups is 1. The molecule has 7 rings (SSSR count). The molecular formula is C41H44F3N5O4. The van der Waals surface area contributed by atoms with Crippen LogP contribution in [-0.4, -0.2) is 72.9 Å². The number of anilines is 1. The molecule has 1 N–H and O–H groups in total. The van der Waals surface area contributed by atoms with Gasteiger partial charge < -0.3 is 19.4 Å². The van der Waals surface area contributed by atoms with Crippen LogP contribution >= 0.6 is 0 Å². The Morgan fingerprint density at radius 1 is 0.830 bits per heavy atom. The molecule has 0 bridgehead atoms. The SMILES string of the molecule is N#Cc1ccc(N2CCC(c3ccc(OCCCCN4CCC(c5ccc6c(c5)CN(C5CCC(=O)NC5=O)C6=O)CC4)cc3)CC2)cc1C(F)(F)F. The van der Waals surface area contributed by atoms with E-state index in [1.165, 1.54) is 17.2 Å². The van der Waals surface area contributed by atoms with Crippen LogP contribution in [0.4, 0.5) is 18.9 Å². The highest BCUT2D eigenvalue weighted by atomic mass is 19.4. The minimum atomic E-state index is -4.56. The Bertz CT molecular complexity index is 1880. The molecule has 1 unspecified atom stereocenters. The molecule has 0 spiro atoms. The highest BCUT2D eigenvalue weighted by molar-refractivity contribution is 6.05. The smallest absolute Gasteiger partial charge is 0.417 e. The lowest BCUT2D eigenvalue weighted by Gasteiger charge is -2.34. The second kappa shape index (κ2) is 15.6. The quantitative estimate of drug-likeness (QED) is 0.182. The van der Waals surface area contributed by atoms with Gasteiger partial charge >= 0.3 is 6.18 Å². The number of nitrogens with one attached hydrogen (secondary N) is 1. The van der Waals surface area contributed by atoms with E-state index in [0.29, 0.717) is 55.7 Å². The zero-order valence-corrected chi connectivity index (χ0v) is 29.7. The average Bonchev–Trinajstić information content (AvgIpc) is 3.49. The predicted octanol–water partition coefficient (Wildman–Crippen LogP) is 6.76. The van der Waals surface area contributed by atoms with Gasteiger partial charge in [-0.15, -0.1) is 0 Å². The number of halogens is 3. The summed E-state index contributed by atoms with van der Waals surface area (Å²) in [5, 5.41) is 11.5. The van der Waals surface area contributed by atoms with Crippen molar-refractivity contribution in [3.8, 4) is 11.8 Å². The molecule has 0 radical (unpaired) electrons. The van der Waals surface area contributed by atoms with Crippen molar-refractivity contribution in [2.45, 2.75) is 82.0 Å². The van der Waals surface area contributed by atoms with Gasteiger partial charge in [-0.2, -0.15) is 18.4 Å². The lowest BCUT2D eigenvalue weighted by molar-refractivity contribution is -0.138. The van der Waals surface area contributed by atoms with Gasteiger partial charge in [0.1, 0.15) is 11.8 Å². The number of rotatable bonds is 10. The molecule has 278 valence electrons. The number of piperidine rings is 3. The highest BCUT2D eigenvalue weighted by Crippen LogP contribution is 2.37. The summed E-state index contributed by atoms with van der Waals surface area (Å²) in [6, 6.07) is 19.3. The van der Waals surface area contributed by atoms with E-state index < -0.39 is 17.8 Å². The van der Waals surface area contributed by atoms with E-state index in [9.17, 15) is 27.6 Å². The average molecular weight is 728 g/mol. The number of nitriles is 1. The van der Waals surface area contributed by atoms with E-state index in [1.807, 2.05) is 23.1 Å². The van der Waals surface area contributed by atoms with Crippen molar-refractivity contribution < 1.29 is 32.3 Å². The van der Waals surface area contributed by atoms with Crippen LogP contribution in [-0.2, 0) is 22.3 Å². The van der Waals surface area contributed by atoms with Crippen LogP contribution in [0.25, 0.3) is 0 Å². The van der Waals surface area contributed by atoms with Crippen LogP contribution in [0.5, 0.6) is 5.75 Å². The van der Waals surface area contributed by atoms with Crippen molar-refractivity contribution in [2.24, 2.45) is 0 Å². The number of fused-ring (bicyclic) bond motifs is 1. The number of nitrogens with zero attached hydrogens (tertiary/aromatic N) is 4. The van der Waals surface area contributed by atoms with Gasteiger partial charge in [0.2, 0.25) is 11.8 Å². The Labute approximate surface area is 307 Å². The van der Waals surface area contributed by atoms with Gasteiger partial charge in [-0.25, -0.2) is 0 Å². The maximum atomic E-state index is 13.4. The molecule has 12 heteroatoms. The summed E-state index contributed by atoms with van der Waals surface area (Å²) in [6.45, 7) is 5.40. The van der Waals surface area contributed by atoms with E-state index in [0.717, 1.165) is 75.5 Å².